The number of carbonyl (C=O) groups is 3. The Labute approximate surface area is 285 Å². The third-order valence-corrected chi connectivity index (χ3v) is 14.3. The molecule has 2 amide bonds. The zero-order valence-electron chi connectivity index (χ0n) is 31.4. The van der Waals surface area contributed by atoms with Crippen LogP contribution in [0.25, 0.3) is 0 Å². The van der Waals surface area contributed by atoms with Gasteiger partial charge in [-0.3, -0.25) is 4.79 Å². The van der Waals surface area contributed by atoms with E-state index in [1.165, 1.54) is 11.3 Å². The molecule has 0 aliphatic carbocycles. The van der Waals surface area contributed by atoms with E-state index in [1.807, 2.05) is 39.5 Å². The highest BCUT2D eigenvalue weighted by Gasteiger charge is 2.43. The first-order chi connectivity index (χ1) is 21.2. The van der Waals surface area contributed by atoms with E-state index in [0.29, 0.717) is 18.0 Å². The average Bonchev–Trinajstić information content (AvgIpc) is 3.43. The molecule has 0 bridgehead atoms. The molecule has 0 aliphatic rings. The predicted molar refractivity (Wildman–Crippen MR) is 191 cm³/mol. The van der Waals surface area contributed by atoms with Crippen LogP contribution in [0.1, 0.15) is 143 Å². The molecule has 1 heterocycles. The number of esters is 1. The van der Waals surface area contributed by atoms with Crippen LogP contribution in [0.4, 0.5) is 4.79 Å². The van der Waals surface area contributed by atoms with Gasteiger partial charge in [0.15, 0.2) is 14.0 Å². The van der Waals surface area contributed by atoms with Gasteiger partial charge in [0.1, 0.15) is 16.7 Å². The molecule has 0 aliphatic heterocycles. The van der Waals surface area contributed by atoms with Crippen molar-refractivity contribution < 1.29 is 28.3 Å². The molecule has 4 atom stereocenters. The van der Waals surface area contributed by atoms with E-state index < -0.39 is 38.1 Å². The lowest BCUT2D eigenvalue weighted by atomic mass is 9.92. The van der Waals surface area contributed by atoms with Gasteiger partial charge in [-0.05, 0) is 70.5 Å². The summed E-state index contributed by atoms with van der Waals surface area (Å²) in [5.41, 5.74) is -0.407. The van der Waals surface area contributed by atoms with Crippen molar-refractivity contribution in [2.45, 2.75) is 164 Å². The summed E-state index contributed by atoms with van der Waals surface area (Å²) in [6, 6.07) is -0.937. The van der Waals surface area contributed by atoms with Crippen LogP contribution in [-0.2, 0) is 18.7 Å². The third-order valence-electron chi connectivity index (χ3n) is 8.84. The number of thiazole rings is 1. The fourth-order valence-corrected chi connectivity index (χ4v) is 7.08. The molecule has 1 N–H and O–H groups in total. The Morgan fingerprint density at radius 1 is 1.00 bits per heavy atom. The third kappa shape index (κ3) is 13.3. The van der Waals surface area contributed by atoms with Crippen LogP contribution < -0.4 is 5.32 Å². The molecule has 1 unspecified atom stereocenters. The van der Waals surface area contributed by atoms with E-state index in [1.54, 1.807) is 12.3 Å². The number of amides is 2. The lowest BCUT2D eigenvalue weighted by Crippen LogP contribution is -2.56. The number of nitrogens with one attached hydrogen (secondary N) is 1. The SMILES string of the molecule is CCCCCCN(C(=O)[C@@H](NC(=O)OC(C)(C)C)[C@@H](C)CC)[C@H](CC(O[Si](C)(C)C(C)(C)C)c1nc(C(=O)OCC)cs1)C(C)C. The van der Waals surface area contributed by atoms with Crippen LogP contribution >= 0.6 is 11.3 Å². The van der Waals surface area contributed by atoms with Crippen molar-refractivity contribution in [3.05, 3.63) is 16.1 Å². The van der Waals surface area contributed by atoms with Crippen LogP contribution in [-0.4, -0.2) is 67.0 Å². The smallest absolute Gasteiger partial charge is 0.408 e. The quantitative estimate of drug-likeness (QED) is 0.0934. The van der Waals surface area contributed by atoms with Crippen LogP contribution in [0.15, 0.2) is 5.38 Å². The summed E-state index contributed by atoms with van der Waals surface area (Å²) in [6.45, 7) is 29.5. The number of nitrogens with zero attached hydrogens (tertiary/aromatic N) is 2. The topological polar surface area (TPSA) is 107 Å². The highest BCUT2D eigenvalue weighted by atomic mass is 32.1. The second-order valence-electron chi connectivity index (χ2n) is 15.3. The van der Waals surface area contributed by atoms with Crippen molar-refractivity contribution in [1.29, 1.82) is 0 Å². The van der Waals surface area contributed by atoms with Gasteiger partial charge in [0.25, 0.3) is 0 Å². The highest BCUT2D eigenvalue weighted by molar-refractivity contribution is 7.09. The maximum Gasteiger partial charge on any atom is 0.408 e. The van der Waals surface area contributed by atoms with Crippen LogP contribution in [0, 0.1) is 11.8 Å². The van der Waals surface area contributed by atoms with Crippen LogP contribution in [0.5, 0.6) is 0 Å². The summed E-state index contributed by atoms with van der Waals surface area (Å²) in [5.74, 6) is -0.567. The summed E-state index contributed by atoms with van der Waals surface area (Å²) in [4.78, 5) is 46.9. The summed E-state index contributed by atoms with van der Waals surface area (Å²) < 4.78 is 17.9. The largest absolute Gasteiger partial charge is 0.461 e. The Hall–Kier alpha value is -1.98. The Morgan fingerprint density at radius 3 is 2.13 bits per heavy atom. The van der Waals surface area contributed by atoms with Crippen LogP contribution in [0.2, 0.25) is 18.1 Å². The molecule has 11 heteroatoms. The Morgan fingerprint density at radius 2 is 1.63 bits per heavy atom. The van der Waals surface area contributed by atoms with E-state index in [0.717, 1.165) is 32.1 Å². The maximum atomic E-state index is 14.6. The molecule has 1 aromatic heterocycles. The van der Waals surface area contributed by atoms with Crippen LogP contribution in [0.3, 0.4) is 0 Å². The van der Waals surface area contributed by atoms with Gasteiger partial charge in [0.05, 0.1) is 12.7 Å². The number of alkyl carbamates (subject to hydrolysis) is 1. The second-order valence-corrected chi connectivity index (χ2v) is 21.0. The van der Waals surface area contributed by atoms with Crippen molar-refractivity contribution in [3.63, 3.8) is 0 Å². The van der Waals surface area contributed by atoms with Gasteiger partial charge in [0, 0.05) is 18.0 Å². The maximum absolute atomic E-state index is 14.6. The van der Waals surface area contributed by atoms with Crippen molar-refractivity contribution in [2.75, 3.05) is 13.2 Å². The zero-order chi connectivity index (χ0) is 35.5. The molecule has 0 saturated heterocycles. The van der Waals surface area contributed by atoms with Crippen molar-refractivity contribution >= 4 is 37.6 Å². The Bertz CT molecular complexity index is 1090. The molecule has 266 valence electrons. The number of carbonyl (C=O) groups excluding carboxylic acids is 3. The van der Waals surface area contributed by atoms with E-state index >= 15 is 0 Å². The Balaban J connectivity index is 3.66. The molecule has 0 fully saturated rings. The van der Waals surface area contributed by atoms with Gasteiger partial charge >= 0.3 is 12.1 Å². The summed E-state index contributed by atoms with van der Waals surface area (Å²) >= 11 is 1.40. The standard InChI is InChI=1S/C35H65N3O6SSi/c1-15-18-19-20-21-38(31(39)29(25(6)16-2)37-33(41)43-34(7,8)9)27(24(4)5)22-28(44-46(13,14)35(10,11)12)30-36-26(23-45-30)32(40)42-17-3/h23-25,27-29H,15-22H2,1-14H3,(H,37,41)/t25-,27+,28?,29-/m0/s1. The molecule has 0 radical (unpaired) electrons. The number of hydrogen-bond donors (Lipinski definition) is 1. The molecule has 0 saturated carbocycles. The highest BCUT2D eigenvalue weighted by Crippen LogP contribution is 2.42. The fourth-order valence-electron chi connectivity index (χ4n) is 4.89. The van der Waals surface area contributed by atoms with Gasteiger partial charge in [0.2, 0.25) is 5.91 Å². The molecule has 0 spiro atoms. The monoisotopic (exact) mass is 683 g/mol. The fraction of sp³-hybridized carbons (Fsp3) is 0.829. The minimum absolute atomic E-state index is 0.0611. The van der Waals surface area contributed by atoms with E-state index in [4.69, 9.17) is 18.9 Å². The number of ether oxygens (including phenoxy) is 2. The summed E-state index contributed by atoms with van der Waals surface area (Å²) in [5, 5.41) is 5.31. The van der Waals surface area contributed by atoms with Crippen molar-refractivity contribution in [2.24, 2.45) is 11.8 Å². The molecular formula is C35H65N3O6SSi. The second kappa shape index (κ2) is 18.5. The average molecular weight is 684 g/mol. The zero-order valence-corrected chi connectivity index (χ0v) is 33.2. The molecule has 46 heavy (non-hydrogen) atoms. The van der Waals surface area contributed by atoms with Gasteiger partial charge in [-0.1, -0.05) is 81.1 Å². The molecule has 9 nitrogen and oxygen atoms in total. The molecule has 1 rings (SSSR count). The van der Waals surface area contributed by atoms with E-state index in [2.05, 4.69) is 60.0 Å². The minimum atomic E-state index is -2.30. The van der Waals surface area contributed by atoms with Crippen molar-refractivity contribution in [1.82, 2.24) is 15.2 Å². The normalized spacial score (nSPS) is 15.2. The van der Waals surface area contributed by atoms with Gasteiger partial charge < -0.3 is 24.1 Å². The van der Waals surface area contributed by atoms with E-state index in [9.17, 15) is 14.4 Å². The van der Waals surface area contributed by atoms with Gasteiger partial charge in [-0.15, -0.1) is 11.3 Å². The first-order valence-electron chi connectivity index (χ1n) is 17.3. The van der Waals surface area contributed by atoms with Gasteiger partial charge in [-0.2, -0.15) is 0 Å². The first kappa shape index (κ1) is 42.0. The molecule has 1 aromatic rings. The lowest BCUT2D eigenvalue weighted by molar-refractivity contribution is -0.139. The number of aromatic nitrogens is 1. The molecule has 0 aromatic carbocycles. The Kier molecular flexibility index (Phi) is 16.9. The lowest BCUT2D eigenvalue weighted by Gasteiger charge is -2.42. The molecular weight excluding hydrogens is 619 g/mol. The summed E-state index contributed by atoms with van der Waals surface area (Å²) in [7, 11) is -2.30. The first-order valence-corrected chi connectivity index (χ1v) is 21.1. The minimum Gasteiger partial charge on any atom is -0.461 e. The number of hydrogen-bond acceptors (Lipinski definition) is 8. The predicted octanol–water partition coefficient (Wildman–Crippen LogP) is 9.15. The van der Waals surface area contributed by atoms with Gasteiger partial charge in [-0.25, -0.2) is 14.6 Å². The van der Waals surface area contributed by atoms with E-state index in [-0.39, 0.29) is 41.1 Å². The number of rotatable bonds is 18. The van der Waals surface area contributed by atoms with Crippen molar-refractivity contribution in [3.8, 4) is 0 Å². The number of unbranched alkanes of at least 4 members (excludes halogenated alkanes) is 3. The summed E-state index contributed by atoms with van der Waals surface area (Å²) in [6.07, 6.45) is 4.27.